The van der Waals surface area contributed by atoms with Gasteiger partial charge in [0.1, 0.15) is 23.7 Å². The highest BCUT2D eigenvalue weighted by atomic mass is 32.2. The van der Waals surface area contributed by atoms with Crippen LogP contribution in [0.25, 0.3) is 0 Å². The SMILES string of the molecule is Cc1cccc(C)c1N=C(N)SCc1ccc(O)cc1.F.FF.N=Cc1ccc(C(N)=NC=Nc2ccc(OC(F)(F)F)cc2)cc1. The number of aliphatic imine (C=N–C) groups is 3. The predicted octanol–water partition coefficient (Wildman–Crippen LogP) is 8.53. The number of ether oxygens (including phenoxy) is 1. The maximum atomic E-state index is 12.0. The lowest BCUT2D eigenvalue weighted by Gasteiger charge is -2.08. The van der Waals surface area contributed by atoms with Crippen molar-refractivity contribution in [3.8, 4) is 11.5 Å². The summed E-state index contributed by atoms with van der Waals surface area (Å²) in [7, 11) is 0. The molecule has 4 aromatic rings. The van der Waals surface area contributed by atoms with Crippen LogP contribution in [0.4, 0.5) is 38.4 Å². The molecule has 4 rings (SSSR count). The van der Waals surface area contributed by atoms with Gasteiger partial charge < -0.3 is 26.7 Å². The second-order valence-electron chi connectivity index (χ2n) is 9.21. The maximum Gasteiger partial charge on any atom is 0.573 e. The van der Waals surface area contributed by atoms with Gasteiger partial charge >= 0.3 is 6.36 Å². The topological polar surface area (TPSA) is 142 Å². The molecule has 0 amide bonds. The normalized spacial score (nSPS) is 11.4. The number of nitrogens with zero attached hydrogens (tertiary/aromatic N) is 3. The third-order valence-corrected chi connectivity index (χ3v) is 6.70. The number of para-hydroxylation sites is 1. The first kappa shape index (κ1) is 39.7. The second-order valence-corrected chi connectivity index (χ2v) is 10.2. The summed E-state index contributed by atoms with van der Waals surface area (Å²) in [6, 6.07) is 25.1. The van der Waals surface area contributed by atoms with Gasteiger partial charge in [-0.2, -0.15) is 0 Å². The van der Waals surface area contributed by atoms with Gasteiger partial charge in [-0.15, -0.1) is 13.2 Å². The highest BCUT2D eigenvalue weighted by Gasteiger charge is 2.30. The zero-order valence-corrected chi connectivity index (χ0v) is 25.9. The van der Waals surface area contributed by atoms with E-state index in [0.717, 1.165) is 45.8 Å². The molecular formula is C32H32F6N6O2S. The van der Waals surface area contributed by atoms with E-state index in [9.17, 15) is 18.3 Å². The number of phenolic OH excluding ortho intramolecular Hbond substituents is 1. The summed E-state index contributed by atoms with van der Waals surface area (Å²) in [5.74, 6) is 0.916. The Morgan fingerprint density at radius 1 is 0.894 bits per heavy atom. The Morgan fingerprint density at radius 2 is 1.47 bits per heavy atom. The zero-order valence-electron chi connectivity index (χ0n) is 25.1. The summed E-state index contributed by atoms with van der Waals surface area (Å²) in [6.07, 6.45) is -2.30. The second kappa shape index (κ2) is 19.9. The molecule has 0 aromatic heterocycles. The molecule has 0 saturated heterocycles. The number of aromatic hydroxyl groups is 1. The van der Waals surface area contributed by atoms with E-state index in [-0.39, 0.29) is 22.0 Å². The van der Waals surface area contributed by atoms with Crippen LogP contribution >= 0.6 is 11.8 Å². The molecule has 0 heterocycles. The summed E-state index contributed by atoms with van der Waals surface area (Å²) in [5, 5.41) is 16.9. The first-order valence-electron chi connectivity index (χ1n) is 13.2. The van der Waals surface area contributed by atoms with E-state index in [2.05, 4.69) is 19.7 Å². The largest absolute Gasteiger partial charge is 0.573 e. The standard InChI is InChI=1S/C16H13F3N4O.C16H18N2OS.F2.FH/c17-16(18,19)24-14-7-5-13(6-8-14)22-10-23-15(21)12-3-1-11(9-20)2-4-12;1-11-4-3-5-12(2)15(11)18-16(17)20-10-13-6-8-14(19)9-7-13;1-2;/h1-10,20H,(H2,21,22,23);3-9,19H,10H2,1-2H3,(H2,17,18);;1H. The fraction of sp³-hybridized carbons (Fsp3) is 0.125. The molecule has 8 nitrogen and oxygen atoms in total. The molecule has 0 saturated carbocycles. The van der Waals surface area contributed by atoms with Crippen molar-refractivity contribution < 1.29 is 36.9 Å². The first-order chi connectivity index (χ1) is 21.9. The van der Waals surface area contributed by atoms with Gasteiger partial charge in [0, 0.05) is 26.7 Å². The van der Waals surface area contributed by atoms with Crippen LogP contribution in [0.3, 0.4) is 0 Å². The van der Waals surface area contributed by atoms with Crippen LogP contribution < -0.4 is 16.2 Å². The molecule has 0 fully saturated rings. The minimum Gasteiger partial charge on any atom is -0.508 e. The fourth-order valence-electron chi connectivity index (χ4n) is 3.59. The van der Waals surface area contributed by atoms with E-state index < -0.39 is 6.36 Å². The number of amidine groups is 2. The molecule has 6 N–H and O–H groups in total. The number of hydrogen-bond acceptors (Lipinski definition) is 6. The molecule has 4 aromatic carbocycles. The van der Waals surface area contributed by atoms with Crippen LogP contribution in [0.2, 0.25) is 0 Å². The number of alkyl halides is 3. The maximum absolute atomic E-state index is 12.0. The molecule has 0 spiro atoms. The molecule has 0 radical (unpaired) electrons. The van der Waals surface area contributed by atoms with Crippen LogP contribution in [-0.2, 0) is 5.75 Å². The highest BCUT2D eigenvalue weighted by molar-refractivity contribution is 8.13. The van der Waals surface area contributed by atoms with Crippen molar-refractivity contribution >= 4 is 46.7 Å². The van der Waals surface area contributed by atoms with Gasteiger partial charge in [-0.1, -0.05) is 66.4 Å². The van der Waals surface area contributed by atoms with Crippen LogP contribution in [0, 0.1) is 19.3 Å². The molecule has 250 valence electrons. The highest BCUT2D eigenvalue weighted by Crippen LogP contribution is 2.26. The first-order valence-corrected chi connectivity index (χ1v) is 14.2. The van der Waals surface area contributed by atoms with Gasteiger partial charge in [-0.05, 0) is 72.5 Å². The quantitative estimate of drug-likeness (QED) is 0.0840. The van der Waals surface area contributed by atoms with Gasteiger partial charge in [0.15, 0.2) is 5.17 Å². The van der Waals surface area contributed by atoms with Crippen molar-refractivity contribution in [2.24, 2.45) is 26.4 Å². The zero-order chi connectivity index (χ0) is 34.1. The van der Waals surface area contributed by atoms with Crippen LogP contribution in [0.15, 0.2) is 106 Å². The fourth-order valence-corrected chi connectivity index (χ4v) is 4.25. The average molecular weight is 679 g/mol. The molecule has 0 aliphatic rings. The molecular weight excluding hydrogens is 646 g/mol. The number of phenols is 1. The van der Waals surface area contributed by atoms with Crippen molar-refractivity contribution in [1.82, 2.24) is 0 Å². The predicted molar refractivity (Wildman–Crippen MR) is 178 cm³/mol. The monoisotopic (exact) mass is 678 g/mol. The number of thioether (sulfide) groups is 1. The van der Waals surface area contributed by atoms with E-state index in [4.69, 9.17) is 26.0 Å². The average Bonchev–Trinajstić information content (AvgIpc) is 3.04. The van der Waals surface area contributed by atoms with Gasteiger partial charge in [-0.25, -0.2) is 15.0 Å². The van der Waals surface area contributed by atoms with Crippen LogP contribution in [0.5, 0.6) is 11.5 Å². The minimum absolute atomic E-state index is 0. The van der Waals surface area contributed by atoms with Crippen molar-refractivity contribution in [1.29, 1.82) is 5.41 Å². The summed E-state index contributed by atoms with van der Waals surface area (Å²) in [5.41, 5.74) is 17.9. The van der Waals surface area contributed by atoms with Gasteiger partial charge in [0.05, 0.1) is 11.4 Å². The van der Waals surface area contributed by atoms with Gasteiger partial charge in [0.25, 0.3) is 0 Å². The van der Waals surface area contributed by atoms with Crippen molar-refractivity contribution in [3.63, 3.8) is 0 Å². The summed E-state index contributed by atoms with van der Waals surface area (Å²) >= 11 is 1.49. The van der Waals surface area contributed by atoms with Crippen molar-refractivity contribution in [2.75, 3.05) is 0 Å². The summed E-state index contributed by atoms with van der Waals surface area (Å²) in [6.45, 7) is 4.06. The molecule has 47 heavy (non-hydrogen) atoms. The number of nitrogens with two attached hydrogens (primary N) is 2. The number of halogens is 6. The number of rotatable bonds is 8. The van der Waals surface area contributed by atoms with Crippen LogP contribution in [0.1, 0.15) is 27.8 Å². The van der Waals surface area contributed by atoms with E-state index in [1.165, 1.54) is 36.4 Å². The van der Waals surface area contributed by atoms with E-state index >= 15 is 0 Å². The third-order valence-electron chi connectivity index (χ3n) is 5.83. The lowest BCUT2D eigenvalue weighted by molar-refractivity contribution is -0.274. The number of nitrogens with one attached hydrogen (secondary N) is 1. The van der Waals surface area contributed by atoms with Gasteiger partial charge in [-0.3, -0.25) is 4.70 Å². The van der Waals surface area contributed by atoms with Crippen LogP contribution in [-0.4, -0.2) is 35.0 Å². The Kier molecular flexibility index (Phi) is 16.9. The van der Waals surface area contributed by atoms with E-state index in [1.54, 1.807) is 36.4 Å². The van der Waals surface area contributed by atoms with E-state index in [0.29, 0.717) is 16.4 Å². The summed E-state index contributed by atoms with van der Waals surface area (Å²) in [4.78, 5) is 12.4. The Bertz CT molecular complexity index is 1610. The molecule has 15 heteroatoms. The number of benzene rings is 4. The third kappa shape index (κ3) is 14.6. The Balaban J connectivity index is 0.000000443. The van der Waals surface area contributed by atoms with Crippen molar-refractivity contribution in [3.05, 3.63) is 119 Å². The molecule has 0 aliphatic carbocycles. The lowest BCUT2D eigenvalue weighted by Crippen LogP contribution is -2.16. The van der Waals surface area contributed by atoms with Crippen molar-refractivity contribution in [2.45, 2.75) is 26.0 Å². The molecule has 0 bridgehead atoms. The Labute approximate surface area is 271 Å². The number of hydrogen-bond donors (Lipinski definition) is 4. The number of aryl methyl sites for hydroxylation is 2. The van der Waals surface area contributed by atoms with E-state index in [1.807, 2.05) is 44.2 Å². The Morgan fingerprint density at radius 3 is 2.00 bits per heavy atom. The minimum atomic E-state index is -4.73. The molecule has 0 aliphatic heterocycles. The summed E-state index contributed by atoms with van der Waals surface area (Å²) < 4.78 is 55.9. The Hall–Kier alpha value is -5.31. The smallest absolute Gasteiger partial charge is 0.508 e. The van der Waals surface area contributed by atoms with Gasteiger partial charge in [0.2, 0.25) is 0 Å². The lowest BCUT2D eigenvalue weighted by atomic mass is 10.1. The molecule has 0 atom stereocenters. The molecule has 0 unspecified atom stereocenters.